The Morgan fingerprint density at radius 3 is 1.99 bits per heavy atom. The van der Waals surface area contributed by atoms with Crippen molar-refractivity contribution >= 4 is 32.8 Å². The predicted molar refractivity (Wildman–Crippen MR) is 332 cm³/mol. The quantitative estimate of drug-likeness (QED) is 0.107. The second-order valence-corrected chi connectivity index (χ2v) is 20.3. The van der Waals surface area contributed by atoms with Crippen molar-refractivity contribution in [1.29, 1.82) is 0 Å². The molecule has 0 fully saturated rings. The maximum Gasteiger partial charge on any atom is 0.269 e. The van der Waals surface area contributed by atoms with Gasteiger partial charge in [-0.05, 0) is 170 Å². The van der Waals surface area contributed by atoms with Gasteiger partial charge in [-0.2, -0.15) is 0 Å². The molecule has 0 N–H and O–H groups in total. The van der Waals surface area contributed by atoms with Gasteiger partial charge in [0.2, 0.25) is 0 Å². The topological polar surface area (TPSA) is 35.9 Å². The van der Waals surface area contributed by atoms with E-state index in [1.54, 1.807) is 67.8 Å². The molecule has 0 saturated heterocycles. The first-order valence-electron chi connectivity index (χ1n) is 44.0. The first-order valence-corrected chi connectivity index (χ1v) is 25.0. The number of benzene rings is 9. The van der Waals surface area contributed by atoms with Gasteiger partial charge < -0.3 is 4.74 Å². The van der Waals surface area contributed by atoms with Gasteiger partial charge in [0, 0.05) is 62.9 Å². The molecule has 394 valence electrons. The van der Waals surface area contributed by atoms with E-state index in [1.807, 2.05) is 0 Å². The van der Waals surface area contributed by atoms with E-state index in [0.717, 1.165) is 10.8 Å². The minimum Gasteiger partial charge on any atom is -0.458 e. The van der Waals surface area contributed by atoms with Crippen molar-refractivity contribution in [3.63, 3.8) is 0 Å². The van der Waals surface area contributed by atoms with E-state index >= 15 is 0 Å². The average molecular weight is 1080 g/mol. The highest BCUT2D eigenvalue weighted by molar-refractivity contribution is 6.09. The number of ether oxygens (including phenoxy) is 1. The Hall–Kier alpha value is -8.80. The van der Waals surface area contributed by atoms with E-state index in [0.29, 0.717) is 21.8 Å². The molecule has 0 bridgehead atoms. The molecule has 3 aromatic heterocycles. The third-order valence-corrected chi connectivity index (χ3v) is 14.1. The van der Waals surface area contributed by atoms with Crippen LogP contribution in [0.5, 0.6) is 11.5 Å². The first-order chi connectivity index (χ1) is 54.1. The van der Waals surface area contributed by atoms with E-state index in [-0.39, 0.29) is 56.3 Å². The van der Waals surface area contributed by atoms with Crippen LogP contribution in [0.25, 0.3) is 94.5 Å². The van der Waals surface area contributed by atoms with Gasteiger partial charge in [-0.1, -0.05) is 193 Å². The Bertz CT molecular complexity index is 6100. The van der Waals surface area contributed by atoms with Crippen LogP contribution in [-0.2, 0) is 16.2 Å². The molecular formula is C75H68N4O. The van der Waals surface area contributed by atoms with Gasteiger partial charge in [-0.15, -0.1) is 0 Å². The highest BCUT2D eigenvalue weighted by atomic mass is 16.5. The second kappa shape index (κ2) is 19.2. The predicted octanol–water partition coefficient (Wildman–Crippen LogP) is 19.2. The summed E-state index contributed by atoms with van der Waals surface area (Å²) in [4.78, 5) is 4.66. The Morgan fingerprint density at radius 2 is 1.26 bits per heavy atom. The molecule has 13 rings (SSSR count). The number of fused-ring (bicyclic) bond motifs is 5. The number of para-hydroxylation sites is 1. The van der Waals surface area contributed by atoms with E-state index < -0.39 is 217 Å². The van der Waals surface area contributed by atoms with Gasteiger partial charge in [-0.3, -0.25) is 13.7 Å². The maximum absolute atomic E-state index is 10.6. The largest absolute Gasteiger partial charge is 0.458 e. The molecule has 0 atom stereocenters. The molecule has 12 aromatic rings. The number of rotatable bonds is 9. The monoisotopic (exact) mass is 1080 g/mol. The average Bonchev–Trinajstić information content (AvgIpc) is 0.660. The van der Waals surface area contributed by atoms with Gasteiger partial charge in [-0.25, -0.2) is 4.98 Å². The lowest BCUT2D eigenvalue weighted by Gasteiger charge is -2.42. The third-order valence-electron chi connectivity index (χ3n) is 14.1. The molecule has 5 heteroatoms. The zero-order chi connectivity index (χ0) is 87.6. The van der Waals surface area contributed by atoms with Crippen molar-refractivity contribution in [2.45, 2.75) is 97.7 Å². The zero-order valence-corrected chi connectivity index (χ0v) is 42.8. The van der Waals surface area contributed by atoms with E-state index in [4.69, 9.17) is 44.5 Å². The fraction of sp³-hybridized carbons (Fsp3) is 0.200. The number of hydrogen-bond donors (Lipinski definition) is 0. The minimum atomic E-state index is -4.77. The maximum atomic E-state index is 10.6. The normalized spacial score (nSPS) is 23.2. The molecule has 1 aliphatic carbocycles. The number of pyridine rings is 1. The number of hydrogen-bond acceptors (Lipinski definition) is 2. The molecule has 0 unspecified atom stereocenters. The highest BCUT2D eigenvalue weighted by Gasteiger charge is 2.37. The summed E-state index contributed by atoms with van der Waals surface area (Å²) in [5, 5.41) is 1.22. The van der Waals surface area contributed by atoms with Crippen molar-refractivity contribution in [3.05, 3.63) is 246 Å². The number of imidazole rings is 1. The number of aromatic nitrogens is 4. The highest BCUT2D eigenvalue weighted by Crippen LogP contribution is 2.48. The molecule has 3 heterocycles. The summed E-state index contributed by atoms with van der Waals surface area (Å²) in [5.41, 5.74) is -19.3. The SMILES string of the molecule is [2H]c1c([2H])c([2H])c(-c2cnc(-n3c4ccccc4c4ccc(Oc5cccc(-n6[c-][n+](-c7c(-c8c([2H])c([2H])c([2H])c([2H])c8[2H])cc(C(C)(C)C)cc7-c7c([2H])c([2H])c8c(c7[2H])C(C([2H])([2H])[2H])(C([2H])([2H])[2H])C([2H])([2H])C([2H])([2H])C8(C([2H])([2H])[2H])C([2H])([2H])[2H])c7ccc(-c8c(C([2H])([2H])[2H])cccc8C([2H])([2H])[2H])cc76)c5)cc43)cc2C([2H])([2H])[2H])c([2H])c1[2H]. The molecule has 0 spiro atoms. The summed E-state index contributed by atoms with van der Waals surface area (Å²) in [6.45, 7) is -22.1. The smallest absolute Gasteiger partial charge is 0.269 e. The van der Waals surface area contributed by atoms with Crippen molar-refractivity contribution in [1.82, 2.24) is 14.1 Å². The van der Waals surface area contributed by atoms with Crippen LogP contribution in [0.4, 0.5) is 0 Å². The van der Waals surface area contributed by atoms with Crippen molar-refractivity contribution in [2.75, 3.05) is 0 Å². The van der Waals surface area contributed by atoms with Crippen LogP contribution in [0.2, 0.25) is 0 Å². The van der Waals surface area contributed by atoms with Gasteiger partial charge in [0.25, 0.3) is 6.33 Å². The molecule has 80 heavy (non-hydrogen) atoms. The fourth-order valence-electron chi connectivity index (χ4n) is 10.2. The standard InChI is InChI=1S/C75H68N4O/c1-48-21-19-22-49(2)71(48)54-32-36-67-69(41-54)77(47-78(67)72-61(51-23-13-11-14-24-51)42-55(73(4,5)6)43-62(72)53-31-35-64-65(40-53)75(9,10)38-37-74(64,7)8)56-27-20-28-57(44-56)80-58-33-34-60-59-29-17-18-30-66(59)79(68(60)45-58)70-39-50(3)63(46-76-70)52-25-15-12-16-26-52/h11-36,39-46H,37-38H2,1-10H3/i1D3,2D3,3D3,7D3,8D3,9D3,10D3,11D,12D,13D,14D,15D,16D,23D,24D,25D,26D,31D,35D,37D2,38D2,40D. The van der Waals surface area contributed by atoms with Gasteiger partial charge in [0.05, 0.1) is 51.3 Å². The van der Waals surface area contributed by atoms with Crippen LogP contribution in [0.15, 0.2) is 206 Å². The summed E-state index contributed by atoms with van der Waals surface area (Å²) < 4.78 is 356. The minimum absolute atomic E-state index is 0.00637. The molecule has 0 saturated carbocycles. The molecular weight excluding hydrogens is 973 g/mol. The lowest BCUT2D eigenvalue weighted by Crippen LogP contribution is -2.34. The second-order valence-electron chi connectivity index (χ2n) is 20.3. The molecule has 9 aromatic carbocycles. The Kier molecular flexibility index (Phi) is 5.74. The van der Waals surface area contributed by atoms with Crippen molar-refractivity contribution in [3.8, 4) is 73.2 Å². The number of aryl methyl sites for hydroxylation is 3. The van der Waals surface area contributed by atoms with Crippen LogP contribution >= 0.6 is 0 Å². The summed E-state index contributed by atoms with van der Waals surface area (Å²) in [6.07, 6.45) is -5.18. The van der Waals surface area contributed by atoms with Gasteiger partial charge in [0.15, 0.2) is 0 Å². The summed E-state index contributed by atoms with van der Waals surface area (Å²) in [5.74, 6) is 0.113. The molecule has 0 aliphatic heterocycles. The van der Waals surface area contributed by atoms with E-state index in [1.165, 1.54) is 83.4 Å². The van der Waals surface area contributed by atoms with Crippen LogP contribution in [0.3, 0.4) is 0 Å². The first kappa shape index (κ1) is 23.9. The lowest BCUT2D eigenvalue weighted by atomic mass is 9.63. The van der Waals surface area contributed by atoms with E-state index in [9.17, 15) is 12.3 Å². The molecule has 1 aliphatic rings. The Labute approximate surface area is 524 Å². The molecule has 0 amide bonds. The molecule has 5 nitrogen and oxygen atoms in total. The zero-order valence-electron chi connectivity index (χ0n) is 80.8. The van der Waals surface area contributed by atoms with Crippen LogP contribution in [0.1, 0.15) is 146 Å². The summed E-state index contributed by atoms with van der Waals surface area (Å²) >= 11 is 0. The van der Waals surface area contributed by atoms with Gasteiger partial charge in [0.1, 0.15) is 17.3 Å². The van der Waals surface area contributed by atoms with Crippen molar-refractivity contribution < 1.29 is 61.4 Å². The van der Waals surface area contributed by atoms with E-state index in [2.05, 4.69) is 11.3 Å². The number of nitrogens with zero attached hydrogens (tertiary/aromatic N) is 4. The van der Waals surface area contributed by atoms with Crippen LogP contribution in [-0.4, -0.2) is 14.1 Å². The Balaban J connectivity index is 1.15. The summed E-state index contributed by atoms with van der Waals surface area (Å²) in [6, 6.07) is 16.2. The fourth-order valence-corrected chi connectivity index (χ4v) is 10.2. The van der Waals surface area contributed by atoms with Crippen molar-refractivity contribution in [2.24, 2.45) is 0 Å². The summed E-state index contributed by atoms with van der Waals surface area (Å²) in [7, 11) is 0. The lowest BCUT2D eigenvalue weighted by molar-refractivity contribution is -0.571. The third kappa shape index (κ3) is 8.80. The Morgan fingerprint density at radius 1 is 0.588 bits per heavy atom. The van der Waals surface area contributed by atoms with Crippen LogP contribution < -0.4 is 9.30 Å². The van der Waals surface area contributed by atoms with Crippen LogP contribution in [0, 0.1) is 26.9 Å². The van der Waals surface area contributed by atoms with Gasteiger partial charge >= 0.3 is 0 Å². The molecule has 0 radical (unpaired) electrons.